The second kappa shape index (κ2) is 3.09. The van der Waals surface area contributed by atoms with Crippen molar-refractivity contribution in [2.45, 2.75) is 6.92 Å². The molecule has 0 saturated heterocycles. The Morgan fingerprint density at radius 1 is 1.23 bits per heavy atom. The lowest BCUT2D eigenvalue weighted by atomic mass is 10.3. The summed E-state index contributed by atoms with van der Waals surface area (Å²) in [6, 6.07) is 1.71. The van der Waals surface area contributed by atoms with E-state index < -0.39 is 0 Å². The molecule has 0 aliphatic heterocycles. The summed E-state index contributed by atoms with van der Waals surface area (Å²) in [6.07, 6.45) is 1.52. The maximum absolute atomic E-state index is 5.86. The monoisotopic (exact) mass is 213 g/mol. The molecule has 0 unspecified atom stereocenters. The van der Waals surface area contributed by atoms with E-state index in [2.05, 4.69) is 15.0 Å². The van der Waals surface area contributed by atoms with Gasteiger partial charge in [-0.1, -0.05) is 23.2 Å². The van der Waals surface area contributed by atoms with Gasteiger partial charge in [0.1, 0.15) is 11.3 Å². The normalized spacial score (nSPS) is 10.7. The summed E-state index contributed by atoms with van der Waals surface area (Å²) < 4.78 is 0. The Labute approximate surface area is 84.7 Å². The third kappa shape index (κ3) is 1.57. The van der Waals surface area contributed by atoms with E-state index in [9.17, 15) is 0 Å². The molecule has 0 radical (unpaired) electrons. The molecule has 2 aromatic rings. The molecule has 0 saturated carbocycles. The van der Waals surface area contributed by atoms with Gasteiger partial charge in [-0.15, -0.1) is 0 Å². The highest BCUT2D eigenvalue weighted by atomic mass is 35.5. The summed E-state index contributed by atoms with van der Waals surface area (Å²) in [5.41, 5.74) is 1.25. The van der Waals surface area contributed by atoms with Crippen molar-refractivity contribution in [2.24, 2.45) is 0 Å². The van der Waals surface area contributed by atoms with Gasteiger partial charge in [0.25, 0.3) is 0 Å². The fourth-order valence-corrected chi connectivity index (χ4v) is 1.49. The van der Waals surface area contributed by atoms with Crippen molar-refractivity contribution < 1.29 is 0 Å². The Balaban J connectivity index is 2.86. The molecule has 5 heteroatoms. The number of fused-ring (bicyclic) bond motifs is 1. The van der Waals surface area contributed by atoms with Crippen LogP contribution in [0.2, 0.25) is 10.2 Å². The van der Waals surface area contributed by atoms with Gasteiger partial charge in [0.2, 0.25) is 0 Å². The van der Waals surface area contributed by atoms with Gasteiger partial charge < -0.3 is 0 Å². The van der Waals surface area contributed by atoms with Crippen molar-refractivity contribution in [3.8, 4) is 0 Å². The van der Waals surface area contributed by atoms with Crippen LogP contribution in [0.1, 0.15) is 5.82 Å². The van der Waals surface area contributed by atoms with Gasteiger partial charge in [0, 0.05) is 6.20 Å². The first-order valence-corrected chi connectivity index (χ1v) is 4.38. The third-order valence-corrected chi connectivity index (χ3v) is 2.04. The number of halogens is 2. The van der Waals surface area contributed by atoms with Gasteiger partial charge in [0.05, 0.1) is 10.5 Å². The highest BCUT2D eigenvalue weighted by Crippen LogP contribution is 2.20. The van der Waals surface area contributed by atoms with Gasteiger partial charge in [0.15, 0.2) is 5.15 Å². The summed E-state index contributed by atoms with van der Waals surface area (Å²) in [7, 11) is 0. The molecule has 0 fully saturated rings. The molecule has 2 aromatic heterocycles. The Morgan fingerprint density at radius 2 is 2.00 bits per heavy atom. The standard InChI is InChI=1S/C8H5Cl2N3/c1-4-12-6-2-5(9)3-11-7(6)8(10)13-4/h2-3H,1H3. The second-order valence-corrected chi connectivity index (χ2v) is 3.38. The predicted molar refractivity (Wildman–Crippen MR) is 52.1 cm³/mol. The summed E-state index contributed by atoms with van der Waals surface area (Å²) in [6.45, 7) is 1.77. The SMILES string of the molecule is Cc1nc(Cl)c2ncc(Cl)cc2n1. The zero-order valence-corrected chi connectivity index (χ0v) is 8.26. The molecule has 0 aliphatic rings. The van der Waals surface area contributed by atoms with Crippen molar-refractivity contribution >= 4 is 34.2 Å². The molecule has 3 nitrogen and oxygen atoms in total. The summed E-state index contributed by atoms with van der Waals surface area (Å²) >= 11 is 11.6. The minimum absolute atomic E-state index is 0.360. The second-order valence-electron chi connectivity index (χ2n) is 2.58. The molecule has 0 aromatic carbocycles. The van der Waals surface area contributed by atoms with E-state index in [4.69, 9.17) is 23.2 Å². The number of hydrogen-bond donors (Lipinski definition) is 0. The van der Waals surface area contributed by atoms with E-state index >= 15 is 0 Å². The molecule has 0 atom stereocenters. The molecule has 0 amide bonds. The van der Waals surface area contributed by atoms with Crippen LogP contribution in [0.3, 0.4) is 0 Å². The van der Waals surface area contributed by atoms with Crippen molar-refractivity contribution in [1.82, 2.24) is 15.0 Å². The average molecular weight is 214 g/mol. The van der Waals surface area contributed by atoms with E-state index in [0.717, 1.165) is 0 Å². The highest BCUT2D eigenvalue weighted by Gasteiger charge is 2.04. The van der Waals surface area contributed by atoms with Crippen molar-refractivity contribution in [1.29, 1.82) is 0 Å². The fraction of sp³-hybridized carbons (Fsp3) is 0.125. The molecule has 0 spiro atoms. The number of pyridine rings is 1. The molecule has 2 rings (SSSR count). The minimum atomic E-state index is 0.360. The number of rotatable bonds is 0. The van der Waals surface area contributed by atoms with Crippen LogP contribution in [0, 0.1) is 6.92 Å². The van der Waals surface area contributed by atoms with Gasteiger partial charge in [-0.05, 0) is 13.0 Å². The Bertz CT molecular complexity index is 465. The van der Waals surface area contributed by atoms with E-state index in [1.807, 2.05) is 0 Å². The topological polar surface area (TPSA) is 38.7 Å². The summed E-state index contributed by atoms with van der Waals surface area (Å²) in [5.74, 6) is 0.613. The van der Waals surface area contributed by atoms with Crippen LogP contribution in [0.4, 0.5) is 0 Å². The van der Waals surface area contributed by atoms with Gasteiger partial charge in [-0.3, -0.25) is 0 Å². The molecular weight excluding hydrogens is 209 g/mol. The van der Waals surface area contributed by atoms with Crippen molar-refractivity contribution in [2.75, 3.05) is 0 Å². The van der Waals surface area contributed by atoms with E-state index in [1.54, 1.807) is 13.0 Å². The van der Waals surface area contributed by atoms with Crippen LogP contribution in [0.25, 0.3) is 11.0 Å². The summed E-state index contributed by atoms with van der Waals surface area (Å²) in [4.78, 5) is 12.2. The van der Waals surface area contributed by atoms with E-state index in [1.165, 1.54) is 6.20 Å². The molecule has 0 aliphatic carbocycles. The lowest BCUT2D eigenvalue weighted by Gasteiger charge is -1.99. The molecule has 66 valence electrons. The fourth-order valence-electron chi connectivity index (χ4n) is 1.07. The zero-order chi connectivity index (χ0) is 9.42. The first-order chi connectivity index (χ1) is 6.16. The number of hydrogen-bond acceptors (Lipinski definition) is 3. The maximum atomic E-state index is 5.86. The Hall–Kier alpha value is -0.930. The van der Waals surface area contributed by atoms with E-state index in [-0.39, 0.29) is 0 Å². The van der Waals surface area contributed by atoms with Crippen LogP contribution in [0.5, 0.6) is 0 Å². The number of aryl methyl sites for hydroxylation is 1. The van der Waals surface area contributed by atoms with Crippen LogP contribution in [0.15, 0.2) is 12.3 Å². The first-order valence-electron chi connectivity index (χ1n) is 3.62. The van der Waals surface area contributed by atoms with Gasteiger partial charge >= 0.3 is 0 Å². The van der Waals surface area contributed by atoms with Crippen molar-refractivity contribution in [3.05, 3.63) is 28.3 Å². The average Bonchev–Trinajstić information content (AvgIpc) is 2.02. The Morgan fingerprint density at radius 3 is 2.77 bits per heavy atom. The summed E-state index contributed by atoms with van der Waals surface area (Å²) in [5, 5.41) is 0.904. The molecule has 13 heavy (non-hydrogen) atoms. The Kier molecular flexibility index (Phi) is 2.06. The van der Waals surface area contributed by atoms with Crippen molar-refractivity contribution in [3.63, 3.8) is 0 Å². The highest BCUT2D eigenvalue weighted by molar-refractivity contribution is 6.34. The van der Waals surface area contributed by atoms with Crippen LogP contribution in [-0.4, -0.2) is 15.0 Å². The largest absolute Gasteiger partial charge is 0.250 e. The molecule has 2 heterocycles. The molecular formula is C8H5Cl2N3. The maximum Gasteiger partial charge on any atom is 0.159 e. The molecule has 0 N–H and O–H groups in total. The van der Waals surface area contributed by atoms with Gasteiger partial charge in [-0.25, -0.2) is 15.0 Å². The first kappa shape index (κ1) is 8.66. The quantitative estimate of drug-likeness (QED) is 0.632. The van der Waals surface area contributed by atoms with Gasteiger partial charge in [-0.2, -0.15) is 0 Å². The zero-order valence-electron chi connectivity index (χ0n) is 6.75. The lowest BCUT2D eigenvalue weighted by molar-refractivity contribution is 1.08. The van der Waals surface area contributed by atoms with Crippen LogP contribution in [-0.2, 0) is 0 Å². The smallest absolute Gasteiger partial charge is 0.159 e. The predicted octanol–water partition coefficient (Wildman–Crippen LogP) is 2.64. The molecule has 0 bridgehead atoms. The van der Waals surface area contributed by atoms with E-state index in [0.29, 0.717) is 27.0 Å². The number of aromatic nitrogens is 3. The third-order valence-electron chi connectivity index (χ3n) is 1.57. The van der Waals surface area contributed by atoms with Crippen LogP contribution < -0.4 is 0 Å². The minimum Gasteiger partial charge on any atom is -0.250 e. The van der Waals surface area contributed by atoms with Crippen LogP contribution >= 0.6 is 23.2 Å². The lowest BCUT2D eigenvalue weighted by Crippen LogP contribution is -1.91. The number of nitrogens with zero attached hydrogens (tertiary/aromatic N) is 3.